The van der Waals surface area contributed by atoms with E-state index < -0.39 is 0 Å². The summed E-state index contributed by atoms with van der Waals surface area (Å²) >= 11 is 3.37. The molecule has 1 rings (SSSR count). The van der Waals surface area contributed by atoms with Crippen LogP contribution >= 0.6 is 15.9 Å². The molecule has 0 radical (unpaired) electrons. The van der Waals surface area contributed by atoms with Gasteiger partial charge in [-0.1, -0.05) is 29.3 Å². The molecule has 0 aromatic heterocycles. The predicted octanol–water partition coefficient (Wildman–Crippen LogP) is 3.12. The molecule has 0 aliphatic carbocycles. The summed E-state index contributed by atoms with van der Waals surface area (Å²) in [5.74, 6) is 0. The molecule has 0 amide bonds. The van der Waals surface area contributed by atoms with Crippen molar-refractivity contribution in [1.82, 2.24) is 0 Å². The zero-order valence-electron chi connectivity index (χ0n) is 8.13. The molecule has 0 bridgehead atoms. The van der Waals surface area contributed by atoms with Crippen LogP contribution in [0.15, 0.2) is 22.7 Å². The van der Waals surface area contributed by atoms with E-state index in [0.717, 1.165) is 22.9 Å². The predicted molar refractivity (Wildman–Crippen MR) is 60.7 cm³/mol. The third kappa shape index (κ3) is 2.83. The highest BCUT2D eigenvalue weighted by atomic mass is 79.9. The Morgan fingerprint density at radius 2 is 2.21 bits per heavy atom. The SMILES string of the molecule is CCC[C@@H](N)c1cc(Br)cc(C#N)c1. The van der Waals surface area contributed by atoms with E-state index in [9.17, 15) is 0 Å². The average Bonchev–Trinajstić information content (AvgIpc) is 2.17. The fraction of sp³-hybridized carbons (Fsp3) is 0.364. The summed E-state index contributed by atoms with van der Waals surface area (Å²) in [6.07, 6.45) is 2.00. The van der Waals surface area contributed by atoms with Crippen molar-refractivity contribution in [2.24, 2.45) is 5.73 Å². The molecule has 1 aromatic rings. The van der Waals surface area contributed by atoms with Crippen LogP contribution < -0.4 is 5.73 Å². The Bertz CT molecular complexity index is 355. The van der Waals surface area contributed by atoms with Gasteiger partial charge in [-0.05, 0) is 30.2 Å². The van der Waals surface area contributed by atoms with Crippen molar-refractivity contribution in [2.45, 2.75) is 25.8 Å². The number of nitrogens with two attached hydrogens (primary N) is 1. The fourth-order valence-electron chi connectivity index (χ4n) is 1.37. The van der Waals surface area contributed by atoms with Gasteiger partial charge in [0, 0.05) is 10.5 Å². The standard InChI is InChI=1S/C11H13BrN2/c1-2-3-11(14)9-4-8(7-13)5-10(12)6-9/h4-6,11H,2-3,14H2,1H3/t11-/m1/s1. The highest BCUT2D eigenvalue weighted by Gasteiger charge is 2.06. The molecule has 0 aliphatic rings. The quantitative estimate of drug-likeness (QED) is 0.899. The van der Waals surface area contributed by atoms with Crippen LogP contribution in [0.25, 0.3) is 0 Å². The van der Waals surface area contributed by atoms with Gasteiger partial charge in [-0.2, -0.15) is 5.26 Å². The zero-order valence-corrected chi connectivity index (χ0v) is 9.71. The van der Waals surface area contributed by atoms with Crippen molar-refractivity contribution in [3.63, 3.8) is 0 Å². The Morgan fingerprint density at radius 3 is 2.79 bits per heavy atom. The van der Waals surface area contributed by atoms with Crippen molar-refractivity contribution in [3.8, 4) is 6.07 Å². The molecule has 0 spiro atoms. The van der Waals surface area contributed by atoms with Crippen LogP contribution in [0.2, 0.25) is 0 Å². The molecular formula is C11H13BrN2. The van der Waals surface area contributed by atoms with Crippen LogP contribution in [0.3, 0.4) is 0 Å². The minimum atomic E-state index is 0.0320. The number of halogens is 1. The second-order valence-electron chi connectivity index (χ2n) is 3.28. The first-order chi connectivity index (χ1) is 6.67. The first-order valence-electron chi connectivity index (χ1n) is 4.63. The second kappa shape index (κ2) is 5.14. The summed E-state index contributed by atoms with van der Waals surface area (Å²) in [6, 6.07) is 7.77. The van der Waals surface area contributed by atoms with Crippen molar-refractivity contribution in [1.29, 1.82) is 5.26 Å². The van der Waals surface area contributed by atoms with E-state index in [2.05, 4.69) is 28.9 Å². The van der Waals surface area contributed by atoms with Gasteiger partial charge in [-0.15, -0.1) is 0 Å². The third-order valence-electron chi connectivity index (χ3n) is 2.08. The molecule has 1 atom stereocenters. The summed E-state index contributed by atoms with van der Waals surface area (Å²) in [5, 5.41) is 8.79. The van der Waals surface area contributed by atoms with Gasteiger partial charge in [0.2, 0.25) is 0 Å². The lowest BCUT2D eigenvalue weighted by Crippen LogP contribution is -2.09. The molecule has 14 heavy (non-hydrogen) atoms. The van der Waals surface area contributed by atoms with E-state index >= 15 is 0 Å². The Labute approximate surface area is 92.9 Å². The minimum absolute atomic E-state index is 0.0320. The monoisotopic (exact) mass is 252 g/mol. The van der Waals surface area contributed by atoms with Gasteiger partial charge in [0.25, 0.3) is 0 Å². The first kappa shape index (κ1) is 11.2. The van der Waals surface area contributed by atoms with E-state index in [0.29, 0.717) is 5.56 Å². The number of hydrogen-bond acceptors (Lipinski definition) is 2. The lowest BCUT2D eigenvalue weighted by molar-refractivity contribution is 0.638. The van der Waals surface area contributed by atoms with E-state index in [1.807, 2.05) is 12.1 Å². The molecule has 0 saturated heterocycles. The molecule has 0 aliphatic heterocycles. The maximum absolute atomic E-state index is 8.79. The van der Waals surface area contributed by atoms with Crippen LogP contribution in [0.5, 0.6) is 0 Å². The molecule has 0 unspecified atom stereocenters. The summed E-state index contributed by atoms with van der Waals surface area (Å²) in [6.45, 7) is 2.10. The molecule has 2 nitrogen and oxygen atoms in total. The molecule has 3 heteroatoms. The van der Waals surface area contributed by atoms with Crippen LogP contribution in [-0.2, 0) is 0 Å². The summed E-state index contributed by atoms with van der Waals surface area (Å²) in [5.41, 5.74) is 7.65. The van der Waals surface area contributed by atoms with Crippen LogP contribution in [0, 0.1) is 11.3 Å². The number of rotatable bonds is 3. The van der Waals surface area contributed by atoms with Gasteiger partial charge in [0.05, 0.1) is 11.6 Å². The van der Waals surface area contributed by atoms with Gasteiger partial charge in [0.1, 0.15) is 0 Å². The Hall–Kier alpha value is -0.850. The highest BCUT2D eigenvalue weighted by molar-refractivity contribution is 9.10. The first-order valence-corrected chi connectivity index (χ1v) is 5.43. The molecule has 0 heterocycles. The summed E-state index contributed by atoms with van der Waals surface area (Å²) < 4.78 is 0.915. The zero-order chi connectivity index (χ0) is 10.6. The van der Waals surface area contributed by atoms with Gasteiger partial charge >= 0.3 is 0 Å². The second-order valence-corrected chi connectivity index (χ2v) is 4.20. The van der Waals surface area contributed by atoms with E-state index in [-0.39, 0.29) is 6.04 Å². The molecule has 2 N–H and O–H groups in total. The van der Waals surface area contributed by atoms with E-state index in [1.165, 1.54) is 0 Å². The molecule has 0 saturated carbocycles. The number of benzene rings is 1. The molecule has 0 fully saturated rings. The molecular weight excluding hydrogens is 240 g/mol. The van der Waals surface area contributed by atoms with Crippen LogP contribution in [0.4, 0.5) is 0 Å². The summed E-state index contributed by atoms with van der Waals surface area (Å²) in [7, 11) is 0. The Balaban J connectivity index is 2.98. The lowest BCUT2D eigenvalue weighted by Gasteiger charge is -2.11. The average molecular weight is 253 g/mol. The third-order valence-corrected chi connectivity index (χ3v) is 2.53. The van der Waals surface area contributed by atoms with Gasteiger partial charge in [-0.25, -0.2) is 0 Å². The van der Waals surface area contributed by atoms with Crippen molar-refractivity contribution in [2.75, 3.05) is 0 Å². The smallest absolute Gasteiger partial charge is 0.0992 e. The number of nitriles is 1. The largest absolute Gasteiger partial charge is 0.324 e. The van der Waals surface area contributed by atoms with E-state index in [4.69, 9.17) is 11.0 Å². The van der Waals surface area contributed by atoms with Gasteiger partial charge in [-0.3, -0.25) is 0 Å². The normalized spacial score (nSPS) is 12.1. The van der Waals surface area contributed by atoms with Crippen molar-refractivity contribution in [3.05, 3.63) is 33.8 Å². The maximum Gasteiger partial charge on any atom is 0.0992 e. The number of hydrogen-bond donors (Lipinski definition) is 1. The maximum atomic E-state index is 8.79. The lowest BCUT2D eigenvalue weighted by atomic mass is 10.0. The van der Waals surface area contributed by atoms with Crippen LogP contribution in [-0.4, -0.2) is 0 Å². The molecule has 1 aromatic carbocycles. The topological polar surface area (TPSA) is 49.8 Å². The van der Waals surface area contributed by atoms with Crippen LogP contribution in [0.1, 0.15) is 36.9 Å². The van der Waals surface area contributed by atoms with Crippen molar-refractivity contribution < 1.29 is 0 Å². The van der Waals surface area contributed by atoms with Crippen molar-refractivity contribution >= 4 is 15.9 Å². The van der Waals surface area contributed by atoms with Gasteiger partial charge in [0.15, 0.2) is 0 Å². The summed E-state index contributed by atoms with van der Waals surface area (Å²) in [4.78, 5) is 0. The van der Waals surface area contributed by atoms with Gasteiger partial charge < -0.3 is 5.73 Å². The Kier molecular flexibility index (Phi) is 4.12. The van der Waals surface area contributed by atoms with E-state index in [1.54, 1.807) is 6.07 Å². The number of nitrogens with zero attached hydrogens (tertiary/aromatic N) is 1. The Morgan fingerprint density at radius 1 is 1.50 bits per heavy atom. The molecule has 74 valence electrons. The fourth-order valence-corrected chi connectivity index (χ4v) is 1.88. The highest BCUT2D eigenvalue weighted by Crippen LogP contribution is 2.21. The minimum Gasteiger partial charge on any atom is -0.324 e.